The summed E-state index contributed by atoms with van der Waals surface area (Å²) in [7, 11) is -3.69. The first kappa shape index (κ1) is 16.6. The number of carboxylic acids is 1. The molecule has 3 N–H and O–H groups in total. The number of aliphatic carboxylic acids is 1. The highest BCUT2D eigenvalue weighted by Gasteiger charge is 2.17. The van der Waals surface area contributed by atoms with E-state index in [2.05, 4.69) is 10.0 Å². The largest absolute Gasteiger partial charge is 0.481 e. The zero-order valence-corrected chi connectivity index (χ0v) is 12.5. The summed E-state index contributed by atoms with van der Waals surface area (Å²) in [5.74, 6) is -1.24. The van der Waals surface area contributed by atoms with Crippen LogP contribution in [0, 0.1) is 0 Å². The molecule has 0 aliphatic heterocycles. The molecule has 0 aliphatic carbocycles. The van der Waals surface area contributed by atoms with E-state index in [0.717, 1.165) is 11.3 Å². The Bertz CT molecular complexity index is 579. The predicted octanol–water partition coefficient (Wildman–Crippen LogP) is 0.180. The molecule has 1 aromatic heterocycles. The molecular formula is C11H16N2O5S2. The van der Waals surface area contributed by atoms with Crippen molar-refractivity contribution in [3.63, 3.8) is 0 Å². The third kappa shape index (κ3) is 5.27. The first-order valence-corrected chi connectivity index (χ1v) is 8.22. The van der Waals surface area contributed by atoms with Gasteiger partial charge in [0.15, 0.2) is 0 Å². The molecule has 112 valence electrons. The molecule has 0 unspecified atom stereocenters. The van der Waals surface area contributed by atoms with Gasteiger partial charge in [0.2, 0.25) is 15.9 Å². The lowest BCUT2D eigenvalue weighted by atomic mass is 10.3. The second-order valence-corrected chi connectivity index (χ2v) is 7.05. The second-order valence-electron chi connectivity index (χ2n) is 3.89. The smallest absolute Gasteiger partial charge is 0.308 e. The van der Waals surface area contributed by atoms with Gasteiger partial charge in [-0.3, -0.25) is 9.59 Å². The Balaban J connectivity index is 2.58. The Hall–Kier alpha value is -1.45. The number of carbonyl (C=O) groups excluding carboxylic acids is 1. The Morgan fingerprint density at radius 2 is 2.05 bits per heavy atom. The van der Waals surface area contributed by atoms with Crippen LogP contribution in [0.5, 0.6) is 0 Å². The van der Waals surface area contributed by atoms with Crippen LogP contribution in [0.2, 0.25) is 0 Å². The standard InChI is InChI=1S/C11H16N2O5S2/c1-2-12-9(14)5-6-13-20(17,18)11-4-3-8(19-11)7-10(15)16/h3-4,13H,2,5-7H2,1H3,(H,12,14)(H,15,16). The van der Waals surface area contributed by atoms with Crippen LogP contribution in [-0.4, -0.2) is 38.5 Å². The molecule has 0 radical (unpaired) electrons. The number of hydrogen-bond donors (Lipinski definition) is 3. The normalized spacial score (nSPS) is 11.2. The fourth-order valence-corrected chi connectivity index (χ4v) is 3.83. The Labute approximate surface area is 121 Å². The molecule has 1 heterocycles. The van der Waals surface area contributed by atoms with Crippen LogP contribution >= 0.6 is 11.3 Å². The molecule has 0 aromatic carbocycles. The zero-order chi connectivity index (χ0) is 15.2. The van der Waals surface area contributed by atoms with Crippen molar-refractivity contribution < 1.29 is 23.1 Å². The number of carboxylic acid groups (broad SMARTS) is 1. The fourth-order valence-electron chi connectivity index (χ4n) is 1.40. The second kappa shape index (κ2) is 7.36. The molecule has 9 heteroatoms. The zero-order valence-electron chi connectivity index (χ0n) is 10.9. The van der Waals surface area contributed by atoms with Gasteiger partial charge in [0.25, 0.3) is 0 Å². The van der Waals surface area contributed by atoms with Crippen molar-refractivity contribution in [1.82, 2.24) is 10.0 Å². The number of rotatable bonds is 8. The summed E-state index contributed by atoms with van der Waals surface area (Å²) < 4.78 is 26.1. The summed E-state index contributed by atoms with van der Waals surface area (Å²) in [5.41, 5.74) is 0. The van der Waals surface area contributed by atoms with Crippen LogP contribution < -0.4 is 10.0 Å². The van der Waals surface area contributed by atoms with Gasteiger partial charge < -0.3 is 10.4 Å². The molecule has 0 fully saturated rings. The molecule has 0 spiro atoms. The Morgan fingerprint density at radius 1 is 1.35 bits per heavy atom. The average Bonchev–Trinajstić information content (AvgIpc) is 2.77. The van der Waals surface area contributed by atoms with Crippen LogP contribution in [0.1, 0.15) is 18.2 Å². The monoisotopic (exact) mass is 320 g/mol. The lowest BCUT2D eigenvalue weighted by Gasteiger charge is -2.04. The van der Waals surface area contributed by atoms with E-state index in [-0.39, 0.29) is 29.5 Å². The van der Waals surface area contributed by atoms with E-state index < -0.39 is 16.0 Å². The van der Waals surface area contributed by atoms with E-state index in [1.165, 1.54) is 12.1 Å². The van der Waals surface area contributed by atoms with Gasteiger partial charge in [-0.25, -0.2) is 13.1 Å². The summed E-state index contributed by atoms with van der Waals surface area (Å²) in [6.45, 7) is 2.27. The number of hydrogen-bond acceptors (Lipinski definition) is 5. The minimum absolute atomic E-state index is 0.000328. The molecule has 1 amide bonds. The summed E-state index contributed by atoms with van der Waals surface area (Å²) in [4.78, 5) is 22.2. The van der Waals surface area contributed by atoms with E-state index in [0.29, 0.717) is 11.4 Å². The molecule has 1 aromatic rings. The highest BCUT2D eigenvalue weighted by Crippen LogP contribution is 2.21. The number of thiophene rings is 1. The van der Waals surface area contributed by atoms with Gasteiger partial charge in [0.1, 0.15) is 4.21 Å². The maximum absolute atomic E-state index is 11.9. The molecule has 20 heavy (non-hydrogen) atoms. The molecule has 1 rings (SSSR count). The van der Waals surface area contributed by atoms with Gasteiger partial charge in [0.05, 0.1) is 6.42 Å². The Morgan fingerprint density at radius 3 is 2.65 bits per heavy atom. The van der Waals surface area contributed by atoms with Gasteiger partial charge in [-0.15, -0.1) is 11.3 Å². The van der Waals surface area contributed by atoms with Crippen LogP contribution in [-0.2, 0) is 26.0 Å². The van der Waals surface area contributed by atoms with Crippen LogP contribution in [0.4, 0.5) is 0 Å². The summed E-state index contributed by atoms with van der Waals surface area (Å²) in [6.07, 6.45) is -0.153. The van der Waals surface area contributed by atoms with E-state index in [1.54, 1.807) is 6.92 Å². The quantitative estimate of drug-likeness (QED) is 0.632. The summed E-state index contributed by atoms with van der Waals surface area (Å²) in [5, 5.41) is 11.2. The van der Waals surface area contributed by atoms with Crippen molar-refractivity contribution in [3.8, 4) is 0 Å². The number of carbonyl (C=O) groups is 2. The van der Waals surface area contributed by atoms with Crippen LogP contribution in [0.15, 0.2) is 16.3 Å². The van der Waals surface area contributed by atoms with Crippen LogP contribution in [0.25, 0.3) is 0 Å². The van der Waals surface area contributed by atoms with E-state index in [9.17, 15) is 18.0 Å². The average molecular weight is 320 g/mol. The molecule has 0 bridgehead atoms. The van der Waals surface area contributed by atoms with Crippen molar-refractivity contribution in [1.29, 1.82) is 0 Å². The van der Waals surface area contributed by atoms with Gasteiger partial charge in [-0.1, -0.05) is 0 Å². The van der Waals surface area contributed by atoms with E-state index in [4.69, 9.17) is 5.11 Å². The number of nitrogens with one attached hydrogen (secondary N) is 2. The maximum Gasteiger partial charge on any atom is 0.308 e. The first-order chi connectivity index (χ1) is 9.35. The SMILES string of the molecule is CCNC(=O)CCNS(=O)(=O)c1ccc(CC(=O)O)s1. The highest BCUT2D eigenvalue weighted by molar-refractivity contribution is 7.91. The fraction of sp³-hybridized carbons (Fsp3) is 0.455. The first-order valence-electron chi connectivity index (χ1n) is 5.92. The predicted molar refractivity (Wildman–Crippen MR) is 74.1 cm³/mol. The van der Waals surface area contributed by atoms with Gasteiger partial charge in [-0.2, -0.15) is 0 Å². The third-order valence-electron chi connectivity index (χ3n) is 2.25. The van der Waals surface area contributed by atoms with Crippen molar-refractivity contribution in [2.75, 3.05) is 13.1 Å². The molecule has 0 aliphatic rings. The molecule has 0 saturated heterocycles. The minimum atomic E-state index is -3.69. The van der Waals surface area contributed by atoms with Crippen molar-refractivity contribution >= 4 is 33.2 Å². The Kier molecular flexibility index (Phi) is 6.11. The number of sulfonamides is 1. The lowest BCUT2D eigenvalue weighted by Crippen LogP contribution is -2.30. The lowest BCUT2D eigenvalue weighted by molar-refractivity contribution is -0.136. The van der Waals surface area contributed by atoms with E-state index in [1.807, 2.05) is 0 Å². The van der Waals surface area contributed by atoms with Gasteiger partial charge in [-0.05, 0) is 19.1 Å². The third-order valence-corrected chi connectivity index (χ3v) is 5.28. The molecule has 0 saturated carbocycles. The summed E-state index contributed by atoms with van der Waals surface area (Å²) >= 11 is 0.905. The molecule has 7 nitrogen and oxygen atoms in total. The minimum Gasteiger partial charge on any atom is -0.481 e. The van der Waals surface area contributed by atoms with Crippen LogP contribution in [0.3, 0.4) is 0 Å². The van der Waals surface area contributed by atoms with Crippen molar-refractivity contribution in [2.24, 2.45) is 0 Å². The van der Waals surface area contributed by atoms with Gasteiger partial charge >= 0.3 is 5.97 Å². The summed E-state index contributed by atoms with van der Waals surface area (Å²) in [6, 6.07) is 2.83. The highest BCUT2D eigenvalue weighted by atomic mass is 32.2. The molecule has 0 atom stereocenters. The van der Waals surface area contributed by atoms with Gasteiger partial charge in [0, 0.05) is 24.4 Å². The maximum atomic E-state index is 11.9. The van der Waals surface area contributed by atoms with E-state index >= 15 is 0 Å². The number of amides is 1. The molecular weight excluding hydrogens is 304 g/mol. The van der Waals surface area contributed by atoms with Crippen molar-refractivity contribution in [2.45, 2.75) is 24.0 Å². The van der Waals surface area contributed by atoms with Crippen molar-refractivity contribution in [3.05, 3.63) is 17.0 Å². The topological polar surface area (TPSA) is 113 Å².